The standard InChI is InChI=1S/C23H38O3Si/c1-16-11-12-23-21(8)14-13-20(21,7)17(25-27(9,10)18(2,3)4)22(16,23)15-24-19(5,6)26-23/h11,13-14,17H,12,15H2,1-10H3/t17-,20+,21+,22-,23-/m0/s1. The second-order valence-electron chi connectivity index (χ2n) is 11.8. The highest BCUT2D eigenvalue weighted by atomic mass is 28.4. The maximum atomic E-state index is 7.26. The predicted molar refractivity (Wildman–Crippen MR) is 112 cm³/mol. The first-order valence-corrected chi connectivity index (χ1v) is 13.4. The minimum absolute atomic E-state index is 0.0399. The molecule has 2 fully saturated rings. The van der Waals surface area contributed by atoms with Crippen molar-refractivity contribution in [2.45, 2.75) is 97.4 Å². The van der Waals surface area contributed by atoms with Gasteiger partial charge in [0.1, 0.15) is 0 Å². The predicted octanol–water partition coefficient (Wildman–Crippen LogP) is 5.83. The summed E-state index contributed by atoms with van der Waals surface area (Å²) in [6, 6.07) is 0. The normalized spacial score (nSPS) is 47.8. The third-order valence-electron chi connectivity index (χ3n) is 9.12. The summed E-state index contributed by atoms with van der Waals surface area (Å²) in [7, 11) is -1.97. The molecule has 0 amide bonds. The Morgan fingerprint density at radius 1 is 1.11 bits per heavy atom. The van der Waals surface area contributed by atoms with Crippen LogP contribution in [-0.4, -0.2) is 32.4 Å². The van der Waals surface area contributed by atoms with E-state index < -0.39 is 14.1 Å². The molecule has 5 atom stereocenters. The second-order valence-corrected chi connectivity index (χ2v) is 16.5. The molecule has 4 aliphatic rings. The van der Waals surface area contributed by atoms with Gasteiger partial charge in [0.2, 0.25) is 0 Å². The van der Waals surface area contributed by atoms with Crippen LogP contribution in [0.15, 0.2) is 23.8 Å². The van der Waals surface area contributed by atoms with Crippen molar-refractivity contribution in [3.05, 3.63) is 23.8 Å². The van der Waals surface area contributed by atoms with Crippen molar-refractivity contribution in [3.63, 3.8) is 0 Å². The van der Waals surface area contributed by atoms with E-state index in [-0.39, 0.29) is 33.0 Å². The van der Waals surface area contributed by atoms with E-state index in [0.717, 1.165) is 6.42 Å². The van der Waals surface area contributed by atoms with E-state index in [1.807, 2.05) is 0 Å². The zero-order valence-electron chi connectivity index (χ0n) is 18.9. The van der Waals surface area contributed by atoms with Gasteiger partial charge in [-0.25, -0.2) is 0 Å². The van der Waals surface area contributed by atoms with Gasteiger partial charge in [-0.1, -0.05) is 58.4 Å². The average Bonchev–Trinajstić information content (AvgIpc) is 2.85. The SMILES string of the molecule is CC1=CC[C@@]23OC(C)(C)OC[C@@]12[C@@H](O[Si](C)(C)C(C)(C)C)[C@@]1(C)C=C[C@@]31C. The Morgan fingerprint density at radius 2 is 1.74 bits per heavy atom. The number of hydrogen-bond acceptors (Lipinski definition) is 3. The number of ether oxygens (including phenoxy) is 2. The van der Waals surface area contributed by atoms with Crippen LogP contribution in [0.2, 0.25) is 18.1 Å². The molecule has 0 radical (unpaired) electrons. The summed E-state index contributed by atoms with van der Waals surface area (Å²) >= 11 is 0. The highest BCUT2D eigenvalue weighted by Crippen LogP contribution is 2.80. The van der Waals surface area contributed by atoms with Crippen LogP contribution in [0.5, 0.6) is 0 Å². The zero-order chi connectivity index (χ0) is 20.3. The van der Waals surface area contributed by atoms with Gasteiger partial charge in [0.05, 0.1) is 23.7 Å². The zero-order valence-corrected chi connectivity index (χ0v) is 19.9. The monoisotopic (exact) mass is 390 g/mol. The lowest BCUT2D eigenvalue weighted by Crippen LogP contribution is -2.65. The van der Waals surface area contributed by atoms with Crippen molar-refractivity contribution >= 4 is 8.32 Å². The maximum absolute atomic E-state index is 7.26. The lowest BCUT2D eigenvalue weighted by atomic mass is 9.54. The molecule has 3 nitrogen and oxygen atoms in total. The number of fused-ring (bicyclic) bond motifs is 1. The minimum atomic E-state index is -1.97. The molecule has 0 bridgehead atoms. The molecule has 1 heterocycles. The number of rotatable bonds is 2. The Bertz CT molecular complexity index is 745. The molecule has 1 saturated carbocycles. The molecule has 152 valence electrons. The number of hydrogen-bond donors (Lipinski definition) is 0. The Balaban J connectivity index is 1.90. The molecule has 0 spiro atoms. The van der Waals surface area contributed by atoms with Crippen molar-refractivity contribution in [1.29, 1.82) is 0 Å². The Morgan fingerprint density at radius 3 is 2.26 bits per heavy atom. The van der Waals surface area contributed by atoms with E-state index in [2.05, 4.69) is 86.7 Å². The second kappa shape index (κ2) is 5.00. The molecule has 1 saturated heterocycles. The fourth-order valence-corrected chi connectivity index (χ4v) is 7.48. The smallest absolute Gasteiger partial charge is 0.192 e. The van der Waals surface area contributed by atoms with Gasteiger partial charge >= 0.3 is 0 Å². The van der Waals surface area contributed by atoms with E-state index in [9.17, 15) is 0 Å². The first kappa shape index (κ1) is 19.9. The van der Waals surface area contributed by atoms with Crippen LogP contribution in [-0.2, 0) is 13.9 Å². The van der Waals surface area contributed by atoms with Crippen molar-refractivity contribution in [2.24, 2.45) is 16.2 Å². The molecule has 0 aromatic carbocycles. The van der Waals surface area contributed by atoms with Crippen LogP contribution in [0.4, 0.5) is 0 Å². The molecule has 4 rings (SSSR count). The average molecular weight is 391 g/mol. The molecular formula is C23H38O3Si. The summed E-state index contributed by atoms with van der Waals surface area (Å²) in [4.78, 5) is 0. The van der Waals surface area contributed by atoms with Gasteiger partial charge < -0.3 is 13.9 Å². The van der Waals surface area contributed by atoms with Gasteiger partial charge in [-0.2, -0.15) is 0 Å². The van der Waals surface area contributed by atoms with E-state index in [1.165, 1.54) is 5.57 Å². The van der Waals surface area contributed by atoms with E-state index in [1.54, 1.807) is 0 Å². The maximum Gasteiger partial charge on any atom is 0.192 e. The molecular weight excluding hydrogens is 352 g/mol. The van der Waals surface area contributed by atoms with Crippen LogP contribution in [0.25, 0.3) is 0 Å². The highest BCUT2D eigenvalue weighted by Gasteiger charge is 2.84. The highest BCUT2D eigenvalue weighted by molar-refractivity contribution is 6.74. The Kier molecular flexibility index (Phi) is 3.68. The summed E-state index contributed by atoms with van der Waals surface area (Å²) in [5.41, 5.74) is 0.790. The van der Waals surface area contributed by atoms with Crippen molar-refractivity contribution in [3.8, 4) is 0 Å². The van der Waals surface area contributed by atoms with Gasteiger partial charge in [0.25, 0.3) is 0 Å². The fourth-order valence-electron chi connectivity index (χ4n) is 6.09. The topological polar surface area (TPSA) is 27.7 Å². The molecule has 0 aromatic rings. The van der Waals surface area contributed by atoms with Gasteiger partial charge in [-0.15, -0.1) is 0 Å². The van der Waals surface area contributed by atoms with Crippen LogP contribution in [0.1, 0.15) is 61.8 Å². The first-order valence-electron chi connectivity index (χ1n) is 10.5. The lowest BCUT2D eigenvalue weighted by Gasteiger charge is -2.58. The van der Waals surface area contributed by atoms with Gasteiger partial charge in [-0.05, 0) is 45.3 Å². The molecule has 4 heteroatoms. The third-order valence-corrected chi connectivity index (χ3v) is 13.6. The van der Waals surface area contributed by atoms with E-state index >= 15 is 0 Å². The summed E-state index contributed by atoms with van der Waals surface area (Å²) < 4.78 is 20.5. The van der Waals surface area contributed by atoms with Crippen LogP contribution in [0, 0.1) is 16.2 Å². The molecule has 0 aromatic heterocycles. The summed E-state index contributed by atoms with van der Waals surface area (Å²) in [5, 5.41) is 0.168. The Hall–Kier alpha value is -0.423. The van der Waals surface area contributed by atoms with Crippen molar-refractivity contribution < 1.29 is 13.9 Å². The molecule has 0 N–H and O–H groups in total. The van der Waals surface area contributed by atoms with Gasteiger partial charge in [-0.3, -0.25) is 0 Å². The van der Waals surface area contributed by atoms with Crippen LogP contribution in [0.3, 0.4) is 0 Å². The summed E-state index contributed by atoms with van der Waals surface area (Å²) in [5.74, 6) is -0.568. The molecule has 1 aliphatic heterocycles. The van der Waals surface area contributed by atoms with Crippen LogP contribution >= 0.6 is 0 Å². The fraction of sp³-hybridized carbons (Fsp3) is 0.826. The van der Waals surface area contributed by atoms with Gasteiger partial charge in [0.15, 0.2) is 14.1 Å². The minimum Gasteiger partial charge on any atom is -0.412 e. The van der Waals surface area contributed by atoms with Crippen molar-refractivity contribution in [1.82, 2.24) is 0 Å². The third kappa shape index (κ3) is 1.99. The molecule has 3 aliphatic carbocycles. The van der Waals surface area contributed by atoms with Gasteiger partial charge in [0, 0.05) is 10.8 Å². The van der Waals surface area contributed by atoms with Crippen LogP contribution < -0.4 is 0 Å². The Labute approximate surface area is 166 Å². The quantitative estimate of drug-likeness (QED) is 0.438. The summed E-state index contributed by atoms with van der Waals surface area (Å²) in [6.45, 7) is 23.6. The first-order chi connectivity index (χ1) is 12.1. The molecule has 0 unspecified atom stereocenters. The van der Waals surface area contributed by atoms with E-state index in [0.29, 0.717) is 6.61 Å². The summed E-state index contributed by atoms with van der Waals surface area (Å²) in [6.07, 6.45) is 8.20. The lowest BCUT2D eigenvalue weighted by molar-refractivity contribution is -0.361. The molecule has 27 heavy (non-hydrogen) atoms. The van der Waals surface area contributed by atoms with E-state index in [4.69, 9.17) is 13.9 Å². The largest absolute Gasteiger partial charge is 0.412 e. The van der Waals surface area contributed by atoms with Crippen molar-refractivity contribution in [2.75, 3.05) is 6.61 Å².